The van der Waals surface area contributed by atoms with Gasteiger partial charge < -0.3 is 4.40 Å². The molecule has 4 aromatic carbocycles. The highest BCUT2D eigenvalue weighted by Crippen LogP contribution is 2.46. The number of hydrogen-bond donors (Lipinski definition) is 0. The molecule has 0 atom stereocenters. The molecule has 2 nitrogen and oxygen atoms in total. The van der Waals surface area contributed by atoms with Crippen molar-refractivity contribution < 1.29 is 0 Å². The van der Waals surface area contributed by atoms with Crippen LogP contribution in [0.15, 0.2) is 66.9 Å². The zero-order chi connectivity index (χ0) is 29.1. The lowest BCUT2D eigenvalue weighted by Crippen LogP contribution is -2.12. The van der Waals surface area contributed by atoms with Crippen molar-refractivity contribution in [3.8, 4) is 0 Å². The molecule has 0 aliphatic rings. The van der Waals surface area contributed by atoms with Crippen molar-refractivity contribution in [3.05, 3.63) is 83.6 Å². The van der Waals surface area contributed by atoms with Gasteiger partial charge in [-0.15, -0.1) is 0 Å². The smallest absolute Gasteiger partial charge is 0.0823 e. The largest absolute Gasteiger partial charge is 0.308 e. The summed E-state index contributed by atoms with van der Waals surface area (Å²) in [6, 6.07) is 23.4. The Morgan fingerprint density at radius 1 is 0.634 bits per heavy atom. The molecule has 0 fully saturated rings. The first-order valence-corrected chi connectivity index (χ1v) is 15.2. The summed E-state index contributed by atoms with van der Waals surface area (Å²) in [7, 11) is 0. The van der Waals surface area contributed by atoms with E-state index in [2.05, 4.69) is 127 Å². The molecule has 0 saturated carbocycles. The predicted molar refractivity (Wildman–Crippen MR) is 179 cm³/mol. The van der Waals surface area contributed by atoms with Crippen LogP contribution in [-0.2, 0) is 18.3 Å². The molecule has 0 saturated heterocycles. The van der Waals surface area contributed by atoms with Crippen LogP contribution < -0.4 is 0 Å². The zero-order valence-corrected chi connectivity index (χ0v) is 26.2. The maximum Gasteiger partial charge on any atom is 0.0823 e. The van der Waals surface area contributed by atoms with Gasteiger partial charge in [-0.25, -0.2) is 0 Å². The van der Waals surface area contributed by atoms with Crippen molar-refractivity contribution in [2.45, 2.75) is 80.6 Å². The molecule has 0 N–H and O–H groups in total. The third-order valence-corrected chi connectivity index (χ3v) is 8.69. The highest BCUT2D eigenvalue weighted by molar-refractivity contribution is 6.29. The van der Waals surface area contributed by atoms with Gasteiger partial charge in [-0.2, -0.15) is 0 Å². The summed E-state index contributed by atoms with van der Waals surface area (Å²) in [5.41, 5.74) is 9.68. The Labute approximate surface area is 243 Å². The Hall–Kier alpha value is -3.65. The van der Waals surface area contributed by atoms with Crippen LogP contribution in [0.2, 0.25) is 0 Å². The number of aromatic nitrogens is 2. The van der Waals surface area contributed by atoms with Gasteiger partial charge in [0.05, 0.1) is 22.1 Å². The summed E-state index contributed by atoms with van der Waals surface area (Å²) in [6.07, 6.45) is 4.04. The Bertz CT molecular complexity index is 2140. The van der Waals surface area contributed by atoms with Crippen molar-refractivity contribution in [2.75, 3.05) is 0 Å². The van der Waals surface area contributed by atoms with E-state index in [9.17, 15) is 0 Å². The molecule has 0 amide bonds. The van der Waals surface area contributed by atoms with Crippen LogP contribution >= 0.6 is 0 Å². The van der Waals surface area contributed by atoms with Gasteiger partial charge in [0.15, 0.2) is 0 Å². The van der Waals surface area contributed by atoms with Crippen LogP contribution in [0.4, 0.5) is 0 Å². The first-order valence-electron chi connectivity index (χ1n) is 15.2. The number of hydrogen-bond acceptors (Lipinski definition) is 1. The minimum absolute atomic E-state index is 0.0311. The molecule has 0 unspecified atom stereocenters. The van der Waals surface area contributed by atoms with Gasteiger partial charge in [-0.1, -0.05) is 105 Å². The third-order valence-electron chi connectivity index (χ3n) is 8.69. The molecule has 7 rings (SSSR count). The summed E-state index contributed by atoms with van der Waals surface area (Å²) in [4.78, 5) is 5.12. The van der Waals surface area contributed by atoms with E-state index in [-0.39, 0.29) is 16.2 Å². The number of nitrogens with zero attached hydrogens (tertiary/aromatic N) is 2. The quantitative estimate of drug-likeness (QED) is 0.158. The first kappa shape index (κ1) is 26.3. The molecule has 0 radical (unpaired) electrons. The summed E-state index contributed by atoms with van der Waals surface area (Å²) in [6.45, 7) is 21.1. The van der Waals surface area contributed by atoms with Crippen molar-refractivity contribution in [1.29, 1.82) is 0 Å². The van der Waals surface area contributed by atoms with Gasteiger partial charge in [0.2, 0.25) is 0 Å². The standard InChI is InChI=1S/C39H42N2/c1-37(2,3)21-23-13-15-26-25(19-23)20-28-34-32-24(17-18-40-34)14-16-27-33-30(39(7,8)9)11-10-12-31(33)41(36(27)32)35(28)29(26)22-38(4,5)6/h10-20H,21-22H2,1-9H3. The van der Waals surface area contributed by atoms with E-state index in [4.69, 9.17) is 4.98 Å². The van der Waals surface area contributed by atoms with Gasteiger partial charge in [0.25, 0.3) is 0 Å². The molecule has 0 spiro atoms. The Morgan fingerprint density at radius 3 is 2.07 bits per heavy atom. The summed E-state index contributed by atoms with van der Waals surface area (Å²) < 4.78 is 2.61. The average Bonchev–Trinajstić information content (AvgIpc) is 3.20. The Balaban J connectivity index is 1.77. The van der Waals surface area contributed by atoms with E-state index in [0.717, 1.165) is 18.4 Å². The van der Waals surface area contributed by atoms with Gasteiger partial charge >= 0.3 is 0 Å². The molecule has 0 aliphatic heterocycles. The van der Waals surface area contributed by atoms with Crippen LogP contribution in [0.5, 0.6) is 0 Å². The van der Waals surface area contributed by atoms with Gasteiger partial charge in [-0.3, -0.25) is 4.98 Å². The number of benzene rings is 4. The molecule has 0 aliphatic carbocycles. The van der Waals surface area contributed by atoms with E-state index in [1.807, 2.05) is 6.20 Å². The minimum atomic E-state index is 0.0311. The lowest BCUT2D eigenvalue weighted by Gasteiger charge is -2.24. The van der Waals surface area contributed by atoms with Crippen molar-refractivity contribution in [3.63, 3.8) is 0 Å². The Kier molecular flexibility index (Phi) is 5.41. The molecular formula is C39H42N2. The lowest BCUT2D eigenvalue weighted by atomic mass is 9.83. The molecule has 41 heavy (non-hydrogen) atoms. The highest BCUT2D eigenvalue weighted by atomic mass is 14.9. The van der Waals surface area contributed by atoms with Gasteiger partial charge in [0, 0.05) is 27.7 Å². The normalized spacial score (nSPS) is 13.7. The maximum atomic E-state index is 5.12. The van der Waals surface area contributed by atoms with Crippen LogP contribution in [0.3, 0.4) is 0 Å². The van der Waals surface area contributed by atoms with Crippen molar-refractivity contribution >= 4 is 59.8 Å². The maximum absolute atomic E-state index is 5.12. The van der Waals surface area contributed by atoms with Crippen molar-refractivity contribution in [1.82, 2.24) is 9.38 Å². The second kappa shape index (κ2) is 8.44. The molecule has 2 heteroatoms. The topological polar surface area (TPSA) is 17.3 Å². The van der Waals surface area contributed by atoms with E-state index in [1.165, 1.54) is 70.9 Å². The van der Waals surface area contributed by atoms with Crippen LogP contribution in [0.1, 0.15) is 79.0 Å². The molecule has 7 aromatic rings. The summed E-state index contributed by atoms with van der Waals surface area (Å²) in [5.74, 6) is 0. The molecule has 3 heterocycles. The summed E-state index contributed by atoms with van der Waals surface area (Å²) in [5, 5.41) is 9.20. The first-order chi connectivity index (χ1) is 19.2. The third kappa shape index (κ3) is 4.09. The zero-order valence-electron chi connectivity index (χ0n) is 26.2. The number of fused-ring (bicyclic) bond motifs is 7. The van der Waals surface area contributed by atoms with E-state index < -0.39 is 0 Å². The van der Waals surface area contributed by atoms with E-state index in [1.54, 1.807) is 0 Å². The van der Waals surface area contributed by atoms with E-state index >= 15 is 0 Å². The number of pyridine rings is 2. The second-order valence-corrected chi connectivity index (χ2v) is 15.8. The SMILES string of the molecule is CC(C)(C)Cc1ccc2c(CC(C)(C)C)c3c(cc2c1)c1nccc2ccc4c5c(C(C)(C)C)cccc5n3c4c21. The summed E-state index contributed by atoms with van der Waals surface area (Å²) >= 11 is 0. The van der Waals surface area contributed by atoms with Crippen LogP contribution in [-0.4, -0.2) is 9.38 Å². The van der Waals surface area contributed by atoms with Gasteiger partial charge in [0.1, 0.15) is 0 Å². The molecule has 3 aromatic heterocycles. The monoisotopic (exact) mass is 538 g/mol. The number of rotatable bonds is 2. The fourth-order valence-corrected chi connectivity index (χ4v) is 7.26. The second-order valence-electron chi connectivity index (χ2n) is 15.8. The molecule has 0 bridgehead atoms. The minimum Gasteiger partial charge on any atom is -0.308 e. The van der Waals surface area contributed by atoms with E-state index in [0.29, 0.717) is 0 Å². The lowest BCUT2D eigenvalue weighted by molar-refractivity contribution is 0.411. The van der Waals surface area contributed by atoms with Gasteiger partial charge in [-0.05, 0) is 80.1 Å². The van der Waals surface area contributed by atoms with Crippen LogP contribution in [0, 0.1) is 10.8 Å². The average molecular weight is 539 g/mol. The fourth-order valence-electron chi connectivity index (χ4n) is 7.26. The molecule has 208 valence electrons. The van der Waals surface area contributed by atoms with Crippen LogP contribution in [0.25, 0.3) is 59.8 Å². The highest BCUT2D eigenvalue weighted by Gasteiger charge is 2.27. The molecular weight excluding hydrogens is 496 g/mol. The predicted octanol–water partition coefficient (Wildman–Crippen LogP) is 11.0. The Morgan fingerprint density at radius 2 is 1.37 bits per heavy atom. The fraction of sp³-hybridized carbons (Fsp3) is 0.359. The van der Waals surface area contributed by atoms with Crippen molar-refractivity contribution in [2.24, 2.45) is 10.8 Å².